The third-order valence-corrected chi connectivity index (χ3v) is 5.98. The molecule has 2 heterocycles. The zero-order valence-electron chi connectivity index (χ0n) is 15.4. The Balaban J connectivity index is 1.63. The molecule has 0 radical (unpaired) electrons. The van der Waals surface area contributed by atoms with Crippen molar-refractivity contribution in [3.63, 3.8) is 0 Å². The van der Waals surface area contributed by atoms with Crippen molar-refractivity contribution in [1.82, 2.24) is 9.80 Å². The number of amides is 1. The highest BCUT2D eigenvalue weighted by atomic mass is 19.1. The van der Waals surface area contributed by atoms with Gasteiger partial charge in [0.15, 0.2) is 0 Å². The Morgan fingerprint density at radius 2 is 2.00 bits per heavy atom. The quantitative estimate of drug-likeness (QED) is 0.820. The van der Waals surface area contributed by atoms with Crippen molar-refractivity contribution >= 4 is 5.91 Å². The van der Waals surface area contributed by atoms with Gasteiger partial charge in [-0.2, -0.15) is 0 Å². The summed E-state index contributed by atoms with van der Waals surface area (Å²) in [6, 6.07) is 5.31. The molecule has 25 heavy (non-hydrogen) atoms. The molecule has 138 valence electrons. The van der Waals surface area contributed by atoms with Gasteiger partial charge < -0.3 is 9.64 Å². The van der Waals surface area contributed by atoms with Gasteiger partial charge in [-0.05, 0) is 62.9 Å². The number of carbonyl (C=O) groups excluding carboxylic acids is 1. The fraction of sp³-hybridized carbons (Fsp3) is 0.650. The van der Waals surface area contributed by atoms with Gasteiger partial charge in [-0.15, -0.1) is 0 Å². The molecule has 2 aliphatic heterocycles. The van der Waals surface area contributed by atoms with Gasteiger partial charge in [-0.3, -0.25) is 9.69 Å². The van der Waals surface area contributed by atoms with E-state index in [1.165, 1.54) is 6.07 Å². The van der Waals surface area contributed by atoms with Gasteiger partial charge in [0, 0.05) is 26.7 Å². The van der Waals surface area contributed by atoms with E-state index in [1.807, 2.05) is 17.9 Å². The highest BCUT2D eigenvalue weighted by Crippen LogP contribution is 2.41. The molecule has 1 atom stereocenters. The summed E-state index contributed by atoms with van der Waals surface area (Å²) in [5, 5.41) is 0. The Morgan fingerprint density at radius 1 is 1.20 bits per heavy atom. The topological polar surface area (TPSA) is 32.8 Å². The number of methoxy groups -OCH3 is 1. The van der Waals surface area contributed by atoms with E-state index in [9.17, 15) is 9.18 Å². The first kappa shape index (κ1) is 18.3. The minimum atomic E-state index is -0.181. The minimum absolute atomic E-state index is 0.136. The number of halogens is 1. The molecule has 0 N–H and O–H groups in total. The third kappa shape index (κ3) is 3.87. The Hall–Kier alpha value is -1.46. The average molecular weight is 348 g/mol. The third-order valence-electron chi connectivity index (χ3n) is 5.98. The summed E-state index contributed by atoms with van der Waals surface area (Å²) in [7, 11) is 1.67. The van der Waals surface area contributed by atoms with Crippen LogP contribution in [0.5, 0.6) is 0 Å². The molecule has 1 spiro atoms. The van der Waals surface area contributed by atoms with Crippen LogP contribution in [0.2, 0.25) is 0 Å². The van der Waals surface area contributed by atoms with Crippen LogP contribution >= 0.6 is 0 Å². The molecule has 0 aromatic heterocycles. The van der Waals surface area contributed by atoms with Crippen LogP contribution in [0.1, 0.15) is 36.8 Å². The lowest BCUT2D eigenvalue weighted by Crippen LogP contribution is -2.37. The van der Waals surface area contributed by atoms with Gasteiger partial charge in [-0.1, -0.05) is 12.1 Å². The molecule has 4 nitrogen and oxygen atoms in total. The number of hydrogen-bond donors (Lipinski definition) is 0. The van der Waals surface area contributed by atoms with Crippen LogP contribution < -0.4 is 0 Å². The van der Waals surface area contributed by atoms with E-state index >= 15 is 0 Å². The van der Waals surface area contributed by atoms with Crippen LogP contribution in [-0.2, 0) is 16.1 Å². The molecule has 3 rings (SSSR count). The molecule has 0 aliphatic carbocycles. The van der Waals surface area contributed by atoms with Gasteiger partial charge in [0.25, 0.3) is 0 Å². The summed E-state index contributed by atoms with van der Waals surface area (Å²) in [4.78, 5) is 17.3. The average Bonchev–Trinajstić information content (AvgIpc) is 2.78. The van der Waals surface area contributed by atoms with Gasteiger partial charge in [-0.25, -0.2) is 4.39 Å². The van der Waals surface area contributed by atoms with Gasteiger partial charge >= 0.3 is 0 Å². The fourth-order valence-electron chi connectivity index (χ4n) is 4.24. The SMILES string of the molecule is COCCN1CCC2(CCCN(Cc3cccc(F)c3C)CC2)C1=O. The normalized spacial score (nSPS) is 24.9. The van der Waals surface area contributed by atoms with E-state index in [0.717, 1.165) is 63.0 Å². The van der Waals surface area contributed by atoms with E-state index in [0.29, 0.717) is 19.1 Å². The zero-order valence-corrected chi connectivity index (χ0v) is 15.4. The standard InChI is InChI=1S/C20H29FN2O2/c1-16-17(5-3-6-18(16)21)15-22-10-4-7-20(8-11-22)9-12-23(19(20)24)13-14-25-2/h3,5-6H,4,7-15H2,1-2H3. The minimum Gasteiger partial charge on any atom is -0.383 e. The first-order chi connectivity index (χ1) is 12.1. The van der Waals surface area contributed by atoms with Gasteiger partial charge in [0.05, 0.1) is 12.0 Å². The first-order valence-corrected chi connectivity index (χ1v) is 9.30. The second kappa shape index (κ2) is 7.83. The predicted octanol–water partition coefficient (Wildman–Crippen LogP) is 2.99. The predicted molar refractivity (Wildman–Crippen MR) is 95.8 cm³/mol. The van der Waals surface area contributed by atoms with E-state index in [1.54, 1.807) is 13.2 Å². The number of carbonyl (C=O) groups is 1. The molecule has 1 unspecified atom stereocenters. The summed E-state index contributed by atoms with van der Waals surface area (Å²) in [6.07, 6.45) is 3.86. The Kier molecular flexibility index (Phi) is 5.74. The summed E-state index contributed by atoms with van der Waals surface area (Å²) in [5.41, 5.74) is 1.61. The number of ether oxygens (including phenoxy) is 1. The smallest absolute Gasteiger partial charge is 0.228 e. The first-order valence-electron chi connectivity index (χ1n) is 9.30. The summed E-state index contributed by atoms with van der Waals surface area (Å²) in [6.45, 7) is 6.64. The van der Waals surface area contributed by atoms with Gasteiger partial charge in [0.1, 0.15) is 5.82 Å². The maximum atomic E-state index is 13.8. The molecule has 0 saturated carbocycles. The second-order valence-electron chi connectivity index (χ2n) is 7.47. The second-order valence-corrected chi connectivity index (χ2v) is 7.47. The van der Waals surface area contributed by atoms with Crippen molar-refractivity contribution < 1.29 is 13.9 Å². The molecule has 1 aromatic rings. The molecule has 1 amide bonds. The fourth-order valence-corrected chi connectivity index (χ4v) is 4.24. The van der Waals surface area contributed by atoms with E-state index in [-0.39, 0.29) is 11.2 Å². The summed E-state index contributed by atoms with van der Waals surface area (Å²) >= 11 is 0. The van der Waals surface area contributed by atoms with Crippen LogP contribution in [-0.4, -0.2) is 55.6 Å². The number of benzene rings is 1. The van der Waals surface area contributed by atoms with Crippen molar-refractivity contribution in [2.45, 2.75) is 39.2 Å². The Morgan fingerprint density at radius 3 is 2.80 bits per heavy atom. The maximum absolute atomic E-state index is 13.8. The molecule has 5 heteroatoms. The van der Waals surface area contributed by atoms with E-state index < -0.39 is 0 Å². The van der Waals surface area contributed by atoms with Crippen LogP contribution in [0, 0.1) is 18.2 Å². The molecule has 2 fully saturated rings. The summed E-state index contributed by atoms with van der Waals surface area (Å²) in [5.74, 6) is 0.178. The highest BCUT2D eigenvalue weighted by Gasteiger charge is 2.46. The lowest BCUT2D eigenvalue weighted by atomic mass is 9.79. The largest absolute Gasteiger partial charge is 0.383 e. The zero-order chi connectivity index (χ0) is 17.9. The number of likely N-dealkylation sites (tertiary alicyclic amines) is 2. The van der Waals surface area contributed by atoms with Crippen LogP contribution in [0.4, 0.5) is 4.39 Å². The molecule has 2 saturated heterocycles. The number of rotatable bonds is 5. The van der Waals surface area contributed by atoms with Crippen LogP contribution in [0.3, 0.4) is 0 Å². The molecular formula is C20H29FN2O2. The van der Waals surface area contributed by atoms with E-state index in [4.69, 9.17) is 4.74 Å². The number of hydrogen-bond acceptors (Lipinski definition) is 3. The van der Waals surface area contributed by atoms with Crippen LogP contribution in [0.15, 0.2) is 18.2 Å². The highest BCUT2D eigenvalue weighted by molar-refractivity contribution is 5.84. The molecular weight excluding hydrogens is 319 g/mol. The van der Waals surface area contributed by atoms with E-state index in [2.05, 4.69) is 4.90 Å². The van der Waals surface area contributed by atoms with Gasteiger partial charge in [0.2, 0.25) is 5.91 Å². The van der Waals surface area contributed by atoms with Crippen molar-refractivity contribution in [3.05, 3.63) is 35.1 Å². The van der Waals surface area contributed by atoms with Crippen molar-refractivity contribution in [3.8, 4) is 0 Å². The molecule has 0 bridgehead atoms. The maximum Gasteiger partial charge on any atom is 0.228 e. The summed E-state index contributed by atoms with van der Waals surface area (Å²) < 4.78 is 18.9. The molecule has 2 aliphatic rings. The van der Waals surface area contributed by atoms with Crippen molar-refractivity contribution in [2.75, 3.05) is 39.9 Å². The Labute approximate surface area is 149 Å². The Bertz CT molecular complexity index is 622. The lowest BCUT2D eigenvalue weighted by Gasteiger charge is -2.27. The lowest BCUT2D eigenvalue weighted by molar-refractivity contribution is -0.137. The van der Waals surface area contributed by atoms with Crippen molar-refractivity contribution in [1.29, 1.82) is 0 Å². The molecule has 1 aromatic carbocycles. The number of nitrogens with zero attached hydrogens (tertiary/aromatic N) is 2. The monoisotopic (exact) mass is 348 g/mol. The van der Waals surface area contributed by atoms with Crippen molar-refractivity contribution in [2.24, 2.45) is 5.41 Å². The van der Waals surface area contributed by atoms with Crippen LogP contribution in [0.25, 0.3) is 0 Å².